The van der Waals surface area contributed by atoms with Crippen molar-refractivity contribution in [1.29, 1.82) is 0 Å². The van der Waals surface area contributed by atoms with E-state index < -0.39 is 0 Å². The summed E-state index contributed by atoms with van der Waals surface area (Å²) in [4.78, 5) is 4.49. The van der Waals surface area contributed by atoms with Crippen LogP contribution >= 0.6 is 0 Å². The maximum Gasteiger partial charge on any atom is 0.278 e. The standard InChI is InChI=1S/C21H18N4O2/c1-14-7-9-15(10-8-14)19-12-25-17(13-26-19)11-18(23-25)21-22-20(24-27-21)16-5-3-2-4-6-16/h2-11,19H,12-13H2,1H3/t19-/m0/s1. The van der Waals surface area contributed by atoms with E-state index in [-0.39, 0.29) is 6.10 Å². The second-order valence-electron chi connectivity index (χ2n) is 6.70. The molecule has 1 atom stereocenters. The van der Waals surface area contributed by atoms with Gasteiger partial charge < -0.3 is 9.26 Å². The SMILES string of the molecule is Cc1ccc([C@@H]2Cn3nc(-c4nc(-c5ccccc5)no4)cc3CO2)cc1. The van der Waals surface area contributed by atoms with E-state index in [2.05, 4.69) is 46.4 Å². The van der Waals surface area contributed by atoms with Crippen LogP contribution in [0, 0.1) is 6.92 Å². The zero-order valence-corrected chi connectivity index (χ0v) is 14.9. The number of aromatic nitrogens is 4. The molecule has 5 rings (SSSR count). The van der Waals surface area contributed by atoms with Gasteiger partial charge in [-0.05, 0) is 18.6 Å². The lowest BCUT2D eigenvalue weighted by atomic mass is 10.1. The second kappa shape index (κ2) is 6.48. The number of aryl methyl sites for hydroxylation is 1. The van der Waals surface area contributed by atoms with Crippen molar-refractivity contribution in [2.75, 3.05) is 0 Å². The molecule has 0 saturated heterocycles. The van der Waals surface area contributed by atoms with Gasteiger partial charge in [-0.15, -0.1) is 0 Å². The fourth-order valence-electron chi connectivity index (χ4n) is 3.24. The average Bonchev–Trinajstić information content (AvgIpc) is 3.36. The van der Waals surface area contributed by atoms with Crippen LogP contribution in [0.3, 0.4) is 0 Å². The van der Waals surface area contributed by atoms with Gasteiger partial charge in [0.2, 0.25) is 5.82 Å². The van der Waals surface area contributed by atoms with Crippen molar-refractivity contribution >= 4 is 0 Å². The zero-order chi connectivity index (χ0) is 18.2. The van der Waals surface area contributed by atoms with E-state index in [1.54, 1.807) is 0 Å². The van der Waals surface area contributed by atoms with Crippen LogP contribution in [0.15, 0.2) is 65.2 Å². The van der Waals surface area contributed by atoms with Gasteiger partial charge >= 0.3 is 0 Å². The Morgan fingerprint density at radius 1 is 1.04 bits per heavy atom. The maximum absolute atomic E-state index is 6.03. The predicted molar refractivity (Wildman–Crippen MR) is 99.7 cm³/mol. The highest BCUT2D eigenvalue weighted by atomic mass is 16.5. The van der Waals surface area contributed by atoms with Crippen molar-refractivity contribution in [1.82, 2.24) is 19.9 Å². The molecule has 2 aromatic heterocycles. The predicted octanol–water partition coefficient (Wildman–Crippen LogP) is 4.18. The van der Waals surface area contributed by atoms with Gasteiger partial charge in [0.05, 0.1) is 18.8 Å². The third-order valence-electron chi connectivity index (χ3n) is 4.76. The molecular weight excluding hydrogens is 340 g/mol. The zero-order valence-electron chi connectivity index (χ0n) is 14.9. The first-order valence-corrected chi connectivity index (χ1v) is 8.91. The Morgan fingerprint density at radius 2 is 1.85 bits per heavy atom. The van der Waals surface area contributed by atoms with Crippen molar-refractivity contribution in [3.05, 3.63) is 77.5 Å². The Hall–Kier alpha value is -3.25. The molecule has 0 radical (unpaired) electrons. The molecule has 0 unspecified atom stereocenters. The number of nitrogens with zero attached hydrogens (tertiary/aromatic N) is 4. The van der Waals surface area contributed by atoms with Crippen LogP contribution in [0.4, 0.5) is 0 Å². The Balaban J connectivity index is 1.40. The summed E-state index contributed by atoms with van der Waals surface area (Å²) in [7, 11) is 0. The molecule has 0 amide bonds. The van der Waals surface area contributed by atoms with Crippen LogP contribution in [0.1, 0.15) is 22.9 Å². The Bertz CT molecular complexity index is 1070. The molecule has 0 fully saturated rings. The first kappa shape index (κ1) is 16.0. The van der Waals surface area contributed by atoms with Gasteiger partial charge in [0.1, 0.15) is 6.10 Å². The molecule has 3 heterocycles. The Labute approximate surface area is 156 Å². The molecule has 27 heavy (non-hydrogen) atoms. The smallest absolute Gasteiger partial charge is 0.278 e. The summed E-state index contributed by atoms with van der Waals surface area (Å²) in [6.07, 6.45) is -0.00610. The molecule has 0 aliphatic carbocycles. The summed E-state index contributed by atoms with van der Waals surface area (Å²) in [5.74, 6) is 0.980. The van der Waals surface area contributed by atoms with Crippen LogP contribution in [0.5, 0.6) is 0 Å². The molecule has 1 aliphatic rings. The van der Waals surface area contributed by atoms with Gasteiger partial charge in [0.15, 0.2) is 5.69 Å². The van der Waals surface area contributed by atoms with E-state index in [1.807, 2.05) is 41.1 Å². The van der Waals surface area contributed by atoms with E-state index in [4.69, 9.17) is 9.26 Å². The van der Waals surface area contributed by atoms with Gasteiger partial charge in [-0.1, -0.05) is 65.3 Å². The average molecular weight is 358 g/mol. The first-order valence-electron chi connectivity index (χ1n) is 8.91. The molecule has 134 valence electrons. The molecule has 2 aromatic carbocycles. The monoisotopic (exact) mass is 358 g/mol. The molecule has 4 aromatic rings. The number of hydrogen-bond acceptors (Lipinski definition) is 5. The van der Waals surface area contributed by atoms with E-state index in [1.165, 1.54) is 5.56 Å². The molecule has 0 spiro atoms. The summed E-state index contributed by atoms with van der Waals surface area (Å²) in [6.45, 7) is 3.25. The molecule has 0 N–H and O–H groups in total. The van der Waals surface area contributed by atoms with Crippen LogP contribution in [0.2, 0.25) is 0 Å². The minimum atomic E-state index is -0.00610. The first-order chi connectivity index (χ1) is 13.3. The normalized spacial score (nSPS) is 16.3. The van der Waals surface area contributed by atoms with Gasteiger partial charge in [0, 0.05) is 5.56 Å². The number of hydrogen-bond donors (Lipinski definition) is 0. The highest BCUT2D eigenvalue weighted by Gasteiger charge is 2.24. The number of rotatable bonds is 3. The highest BCUT2D eigenvalue weighted by molar-refractivity contribution is 5.57. The van der Waals surface area contributed by atoms with Crippen LogP contribution in [-0.4, -0.2) is 19.9 Å². The Morgan fingerprint density at radius 3 is 2.67 bits per heavy atom. The van der Waals surface area contributed by atoms with Crippen molar-refractivity contribution in [2.45, 2.75) is 26.2 Å². The third kappa shape index (κ3) is 3.04. The van der Waals surface area contributed by atoms with Crippen molar-refractivity contribution in [3.63, 3.8) is 0 Å². The maximum atomic E-state index is 6.03. The summed E-state index contributed by atoms with van der Waals surface area (Å²) in [6, 6.07) is 20.1. The number of fused-ring (bicyclic) bond motifs is 1. The van der Waals surface area contributed by atoms with E-state index in [0.29, 0.717) is 30.6 Å². The van der Waals surface area contributed by atoms with Gasteiger partial charge in [-0.25, -0.2) is 0 Å². The molecule has 0 bridgehead atoms. The van der Waals surface area contributed by atoms with E-state index >= 15 is 0 Å². The molecular formula is C21H18N4O2. The summed E-state index contributed by atoms with van der Waals surface area (Å²) >= 11 is 0. The Kier molecular flexibility index (Phi) is 3.83. The minimum Gasteiger partial charge on any atom is -0.365 e. The van der Waals surface area contributed by atoms with Gasteiger partial charge in [-0.3, -0.25) is 4.68 Å². The largest absolute Gasteiger partial charge is 0.365 e. The van der Waals surface area contributed by atoms with Gasteiger partial charge in [-0.2, -0.15) is 10.1 Å². The summed E-state index contributed by atoms with van der Waals surface area (Å²) in [5, 5.41) is 8.73. The number of benzene rings is 2. The molecule has 6 heteroatoms. The summed E-state index contributed by atoms with van der Waals surface area (Å²) in [5.41, 5.74) is 4.99. The topological polar surface area (TPSA) is 66.0 Å². The van der Waals surface area contributed by atoms with Crippen LogP contribution in [-0.2, 0) is 17.9 Å². The minimum absolute atomic E-state index is 0.00610. The molecule has 6 nitrogen and oxygen atoms in total. The quantitative estimate of drug-likeness (QED) is 0.550. The van der Waals surface area contributed by atoms with Crippen LogP contribution < -0.4 is 0 Å². The number of ether oxygens (including phenoxy) is 1. The fourth-order valence-corrected chi connectivity index (χ4v) is 3.24. The molecule has 0 saturated carbocycles. The van der Waals surface area contributed by atoms with Crippen molar-refractivity contribution < 1.29 is 9.26 Å². The highest BCUT2D eigenvalue weighted by Crippen LogP contribution is 2.29. The molecule has 1 aliphatic heterocycles. The van der Waals surface area contributed by atoms with Crippen molar-refractivity contribution in [3.8, 4) is 23.0 Å². The lowest BCUT2D eigenvalue weighted by Gasteiger charge is -2.24. The summed E-state index contributed by atoms with van der Waals surface area (Å²) < 4.78 is 13.4. The lowest BCUT2D eigenvalue weighted by Crippen LogP contribution is -2.21. The van der Waals surface area contributed by atoms with Crippen molar-refractivity contribution in [2.24, 2.45) is 0 Å². The van der Waals surface area contributed by atoms with Gasteiger partial charge in [0.25, 0.3) is 5.89 Å². The fraction of sp³-hybridized carbons (Fsp3) is 0.190. The van der Waals surface area contributed by atoms with Crippen LogP contribution in [0.25, 0.3) is 23.0 Å². The lowest BCUT2D eigenvalue weighted by molar-refractivity contribution is -0.00113. The second-order valence-corrected chi connectivity index (χ2v) is 6.70. The van der Waals surface area contributed by atoms with E-state index in [0.717, 1.165) is 16.8 Å². The third-order valence-corrected chi connectivity index (χ3v) is 4.76. The van der Waals surface area contributed by atoms with E-state index in [9.17, 15) is 0 Å².